The third-order valence-electron chi connectivity index (χ3n) is 4.31. The van der Waals surface area contributed by atoms with Gasteiger partial charge in [-0.2, -0.15) is 0 Å². The number of hydrogen-bond donors (Lipinski definition) is 3. The lowest BCUT2D eigenvalue weighted by molar-refractivity contribution is 0.101. The van der Waals surface area contributed by atoms with Crippen molar-refractivity contribution in [2.45, 2.75) is 9.79 Å². The molecular weight excluding hydrogens is 364 g/mol. The van der Waals surface area contributed by atoms with Crippen molar-refractivity contribution in [1.29, 1.82) is 0 Å². The highest BCUT2D eigenvalue weighted by Gasteiger charge is 2.35. The molecule has 0 fully saturated rings. The van der Waals surface area contributed by atoms with Gasteiger partial charge in [0.1, 0.15) is 0 Å². The average molecular weight is 378 g/mol. The standard InChI is InChI=1S/C20H14N2O2S2/c1-2-22-18(12-5-9-14(26)10-6-12)16-15(20(22)24)17(21-19(16)23)11-3-7-13(25)8-4-11/h2-10,24-26H,1H2. The zero-order valence-electron chi connectivity index (χ0n) is 13.5. The summed E-state index contributed by atoms with van der Waals surface area (Å²) in [5.74, 6) is -0.440. The van der Waals surface area contributed by atoms with Crippen molar-refractivity contribution in [3.05, 3.63) is 71.8 Å². The summed E-state index contributed by atoms with van der Waals surface area (Å²) in [6, 6.07) is 14.6. The molecule has 4 rings (SSSR count). The molecule has 3 aromatic rings. The number of nitrogens with zero attached hydrogens (tertiary/aromatic N) is 2. The van der Waals surface area contributed by atoms with E-state index in [-0.39, 0.29) is 11.8 Å². The lowest BCUT2D eigenvalue weighted by atomic mass is 10.0. The van der Waals surface area contributed by atoms with E-state index in [1.807, 2.05) is 48.5 Å². The van der Waals surface area contributed by atoms with E-state index in [1.165, 1.54) is 10.8 Å². The summed E-state index contributed by atoms with van der Waals surface area (Å²) in [5, 5.41) is 10.8. The highest BCUT2D eigenvalue weighted by Crippen LogP contribution is 2.41. The number of hydrogen-bond acceptors (Lipinski definition) is 4. The smallest absolute Gasteiger partial charge is 0.280 e. The van der Waals surface area contributed by atoms with Gasteiger partial charge in [0.2, 0.25) is 5.88 Å². The van der Waals surface area contributed by atoms with E-state index in [1.54, 1.807) is 0 Å². The van der Waals surface area contributed by atoms with Gasteiger partial charge < -0.3 is 5.11 Å². The van der Waals surface area contributed by atoms with Crippen LogP contribution in [0.2, 0.25) is 0 Å². The molecule has 2 heterocycles. The molecule has 26 heavy (non-hydrogen) atoms. The van der Waals surface area contributed by atoms with E-state index in [9.17, 15) is 9.90 Å². The number of benzene rings is 2. The van der Waals surface area contributed by atoms with Crippen LogP contribution in [0.1, 0.15) is 21.5 Å². The molecule has 2 aromatic carbocycles. The van der Waals surface area contributed by atoms with Crippen LogP contribution in [-0.2, 0) is 0 Å². The molecule has 0 spiro atoms. The summed E-state index contributed by atoms with van der Waals surface area (Å²) in [5.41, 5.74) is 3.32. The van der Waals surface area contributed by atoms with Gasteiger partial charge in [-0.3, -0.25) is 9.36 Å². The van der Waals surface area contributed by atoms with E-state index in [4.69, 9.17) is 0 Å². The molecule has 128 valence electrons. The second kappa shape index (κ2) is 6.23. The molecule has 1 N–H and O–H groups in total. The Kier molecular flexibility index (Phi) is 4.01. The maximum Gasteiger partial charge on any atom is 0.280 e. The first kappa shape index (κ1) is 16.8. The third-order valence-corrected chi connectivity index (χ3v) is 4.90. The molecule has 0 saturated heterocycles. The molecule has 0 radical (unpaired) electrons. The van der Waals surface area contributed by atoms with Crippen LogP contribution in [-0.4, -0.2) is 21.3 Å². The lowest BCUT2D eigenvalue weighted by Gasteiger charge is -2.07. The van der Waals surface area contributed by atoms with Crippen LogP contribution >= 0.6 is 25.3 Å². The number of carbonyl (C=O) groups is 1. The predicted octanol–water partition coefficient (Wildman–Crippen LogP) is 4.53. The maximum absolute atomic E-state index is 12.7. The largest absolute Gasteiger partial charge is 0.494 e. The third kappa shape index (κ3) is 2.50. The molecule has 1 aliphatic heterocycles. The Balaban J connectivity index is 1.97. The van der Waals surface area contributed by atoms with E-state index < -0.39 is 0 Å². The minimum Gasteiger partial charge on any atom is -0.494 e. The van der Waals surface area contributed by atoms with E-state index in [0.29, 0.717) is 22.5 Å². The lowest BCUT2D eigenvalue weighted by Crippen LogP contribution is -2.00. The van der Waals surface area contributed by atoms with Crippen molar-refractivity contribution in [2.75, 3.05) is 0 Å². The Hall–Kier alpha value is -2.70. The quantitative estimate of drug-likeness (QED) is 0.587. The van der Waals surface area contributed by atoms with Gasteiger partial charge in [-0.05, 0) is 29.8 Å². The number of amides is 1. The minimum atomic E-state index is -0.384. The van der Waals surface area contributed by atoms with Gasteiger partial charge in [-0.25, -0.2) is 4.99 Å². The minimum absolute atomic E-state index is 0.0560. The Morgan fingerprint density at radius 2 is 1.46 bits per heavy atom. The van der Waals surface area contributed by atoms with Crippen LogP contribution in [0.25, 0.3) is 17.5 Å². The number of carbonyl (C=O) groups excluding carboxylic acids is 1. The number of rotatable bonds is 3. The van der Waals surface area contributed by atoms with Gasteiger partial charge in [-0.1, -0.05) is 30.8 Å². The van der Waals surface area contributed by atoms with Crippen molar-refractivity contribution < 1.29 is 9.90 Å². The van der Waals surface area contributed by atoms with Crippen LogP contribution in [0.4, 0.5) is 0 Å². The number of aliphatic imine (C=N–C) groups is 1. The van der Waals surface area contributed by atoms with Gasteiger partial charge in [0.05, 0.1) is 22.5 Å². The van der Waals surface area contributed by atoms with E-state index >= 15 is 0 Å². The maximum atomic E-state index is 12.7. The fraction of sp³-hybridized carbons (Fsp3) is 0. The SMILES string of the molecule is C=Cn1c(O)c2c(c1-c1ccc(S)cc1)C(=O)N=C2c1ccc(S)cc1. The number of fused-ring (bicyclic) bond motifs is 1. The first-order valence-electron chi connectivity index (χ1n) is 7.83. The fourth-order valence-electron chi connectivity index (χ4n) is 3.13. The summed E-state index contributed by atoms with van der Waals surface area (Å²) < 4.78 is 1.51. The van der Waals surface area contributed by atoms with Crippen LogP contribution in [0.3, 0.4) is 0 Å². The highest BCUT2D eigenvalue weighted by atomic mass is 32.1. The second-order valence-corrected chi connectivity index (χ2v) is 6.87. The number of thiol groups is 2. The summed E-state index contributed by atoms with van der Waals surface area (Å²) >= 11 is 8.57. The van der Waals surface area contributed by atoms with Gasteiger partial charge in [-0.15, -0.1) is 25.3 Å². The molecule has 0 saturated carbocycles. The molecule has 1 aliphatic rings. The second-order valence-electron chi connectivity index (χ2n) is 5.83. The zero-order valence-corrected chi connectivity index (χ0v) is 15.3. The van der Waals surface area contributed by atoms with Gasteiger partial charge in [0.15, 0.2) is 0 Å². The van der Waals surface area contributed by atoms with Gasteiger partial charge in [0.25, 0.3) is 5.91 Å². The topological polar surface area (TPSA) is 54.6 Å². The van der Waals surface area contributed by atoms with Crippen LogP contribution < -0.4 is 0 Å². The van der Waals surface area contributed by atoms with Crippen LogP contribution in [0.15, 0.2) is 69.9 Å². The summed E-state index contributed by atoms with van der Waals surface area (Å²) in [6.07, 6.45) is 1.49. The van der Waals surface area contributed by atoms with Crippen molar-refractivity contribution in [1.82, 2.24) is 4.57 Å². The van der Waals surface area contributed by atoms with Crippen LogP contribution in [0, 0.1) is 0 Å². The molecule has 1 aromatic heterocycles. The zero-order chi connectivity index (χ0) is 18.4. The summed E-state index contributed by atoms with van der Waals surface area (Å²) in [6.45, 7) is 3.77. The monoisotopic (exact) mass is 378 g/mol. The fourth-order valence-corrected chi connectivity index (χ4v) is 3.43. The van der Waals surface area contributed by atoms with E-state index in [2.05, 4.69) is 36.8 Å². The number of aromatic hydroxyl groups is 1. The highest BCUT2D eigenvalue weighted by molar-refractivity contribution is 7.80. The summed E-state index contributed by atoms with van der Waals surface area (Å²) in [7, 11) is 0. The van der Waals surface area contributed by atoms with Gasteiger partial charge in [0, 0.05) is 21.6 Å². The molecule has 0 aliphatic carbocycles. The predicted molar refractivity (Wildman–Crippen MR) is 109 cm³/mol. The molecule has 0 atom stereocenters. The molecule has 6 heteroatoms. The molecular formula is C20H14N2O2S2. The van der Waals surface area contributed by atoms with Gasteiger partial charge >= 0.3 is 0 Å². The molecule has 0 unspecified atom stereocenters. The Morgan fingerprint density at radius 3 is 2.00 bits per heavy atom. The Bertz CT molecular complexity index is 1080. The Morgan fingerprint density at radius 1 is 0.923 bits per heavy atom. The van der Waals surface area contributed by atoms with Crippen molar-refractivity contribution in [2.24, 2.45) is 4.99 Å². The molecule has 1 amide bonds. The van der Waals surface area contributed by atoms with E-state index in [0.717, 1.165) is 20.9 Å². The average Bonchev–Trinajstić information content (AvgIpc) is 3.12. The first-order valence-corrected chi connectivity index (χ1v) is 8.72. The summed E-state index contributed by atoms with van der Waals surface area (Å²) in [4.78, 5) is 18.5. The van der Waals surface area contributed by atoms with Crippen molar-refractivity contribution in [3.8, 4) is 17.1 Å². The van der Waals surface area contributed by atoms with Crippen molar-refractivity contribution >= 4 is 43.1 Å². The number of aromatic nitrogens is 1. The molecule has 4 nitrogen and oxygen atoms in total. The van der Waals surface area contributed by atoms with Crippen LogP contribution in [0.5, 0.6) is 5.88 Å². The van der Waals surface area contributed by atoms with Crippen molar-refractivity contribution in [3.63, 3.8) is 0 Å². The first-order chi connectivity index (χ1) is 12.5. The normalized spacial score (nSPS) is 12.8. The molecule has 0 bridgehead atoms. The Labute approximate surface area is 161 Å².